The van der Waals surface area contributed by atoms with Gasteiger partial charge in [-0.3, -0.25) is 4.79 Å². The molecule has 4 aromatic carbocycles. The Bertz CT molecular complexity index is 1860. The minimum Gasteiger partial charge on any atom is -0.493 e. The molecule has 0 saturated carbocycles. The van der Waals surface area contributed by atoms with Crippen LogP contribution in [0.25, 0.3) is 16.6 Å². The van der Waals surface area contributed by atoms with Gasteiger partial charge in [-0.25, -0.2) is 4.79 Å². The Morgan fingerprint density at radius 2 is 1.42 bits per heavy atom. The third-order valence-corrected chi connectivity index (χ3v) is 8.03. The van der Waals surface area contributed by atoms with E-state index in [4.69, 9.17) is 18.9 Å². The molecule has 1 aliphatic heterocycles. The largest absolute Gasteiger partial charge is 0.493 e. The number of aliphatic hydroxyl groups is 1. The highest BCUT2D eigenvalue weighted by Gasteiger charge is 2.49. The van der Waals surface area contributed by atoms with Crippen LogP contribution in [-0.2, 0) is 21.7 Å². The van der Waals surface area contributed by atoms with Gasteiger partial charge in [0.15, 0.2) is 11.5 Å². The lowest BCUT2D eigenvalue weighted by Crippen LogP contribution is -2.30. The number of aromatic nitrogens is 2. The first-order valence-corrected chi connectivity index (χ1v) is 14.7. The van der Waals surface area contributed by atoms with E-state index < -0.39 is 11.8 Å². The van der Waals surface area contributed by atoms with E-state index in [1.807, 2.05) is 62.4 Å². The van der Waals surface area contributed by atoms with E-state index in [9.17, 15) is 14.7 Å². The number of carbonyl (C=O) groups is 2. The molecule has 5 aromatic rings. The molecule has 2 heterocycles. The smallest absolute Gasteiger partial charge is 0.342 e. The molecular formula is C35H32N2O7S. The predicted octanol–water partition coefficient (Wildman–Crippen LogP) is 6.23. The summed E-state index contributed by atoms with van der Waals surface area (Å²) in [6.07, 6.45) is 1.11. The molecule has 9 nitrogen and oxygen atoms in total. The standard InChI is InChI=1S/C27H24N2O6S.C8H8O/c1-15-5-7-16(8-6-15)11-19-24(17-9-10-20-21(12-17)29-36-28-20)26(30)35-27(19,31)18-13-22(32-2)25(34-4)23(14-18)33-3;1-7-2-4-8(6-9)5-3-7/h5-10,12-14,31H,11H2,1-4H3;2-6H,1H3. The normalized spacial score (nSPS) is 15.7. The highest BCUT2D eigenvalue weighted by Crippen LogP contribution is 2.49. The number of carbonyl (C=O) groups excluding carboxylic acids is 2. The Hall–Kier alpha value is -5.06. The van der Waals surface area contributed by atoms with Crippen LogP contribution in [0.1, 0.15) is 38.2 Å². The van der Waals surface area contributed by atoms with Gasteiger partial charge in [-0.05, 0) is 49.2 Å². The fourth-order valence-electron chi connectivity index (χ4n) is 5.04. The van der Waals surface area contributed by atoms with Crippen molar-refractivity contribution in [2.24, 2.45) is 0 Å². The van der Waals surface area contributed by atoms with Crippen LogP contribution in [0.15, 0.2) is 84.4 Å². The van der Waals surface area contributed by atoms with Crippen molar-refractivity contribution in [1.82, 2.24) is 8.75 Å². The van der Waals surface area contributed by atoms with Gasteiger partial charge in [-0.2, -0.15) is 8.75 Å². The van der Waals surface area contributed by atoms with Gasteiger partial charge in [0, 0.05) is 23.1 Å². The third kappa shape index (κ3) is 6.43. The number of fused-ring (bicyclic) bond motifs is 1. The molecule has 1 aliphatic rings. The first kappa shape index (κ1) is 31.4. The van der Waals surface area contributed by atoms with Gasteiger partial charge < -0.3 is 24.1 Å². The molecule has 1 unspecified atom stereocenters. The van der Waals surface area contributed by atoms with Crippen molar-refractivity contribution >= 4 is 40.6 Å². The second-order valence-corrected chi connectivity index (χ2v) is 11.0. The van der Waals surface area contributed by atoms with Gasteiger partial charge in [0.1, 0.15) is 17.3 Å². The van der Waals surface area contributed by atoms with Gasteiger partial charge in [0.25, 0.3) is 5.79 Å². The van der Waals surface area contributed by atoms with Crippen molar-refractivity contribution in [2.75, 3.05) is 21.3 Å². The maximum absolute atomic E-state index is 13.4. The Kier molecular flexibility index (Phi) is 9.26. The van der Waals surface area contributed by atoms with Crippen LogP contribution in [-0.4, -0.2) is 47.4 Å². The van der Waals surface area contributed by atoms with Gasteiger partial charge in [-0.1, -0.05) is 65.7 Å². The number of ether oxygens (including phenoxy) is 4. The van der Waals surface area contributed by atoms with Gasteiger partial charge in [0.05, 0.1) is 38.6 Å². The van der Waals surface area contributed by atoms with Crippen molar-refractivity contribution in [3.63, 3.8) is 0 Å². The molecule has 0 radical (unpaired) electrons. The molecule has 0 aliphatic carbocycles. The number of esters is 1. The van der Waals surface area contributed by atoms with Gasteiger partial charge in [-0.15, -0.1) is 0 Å². The molecular weight excluding hydrogens is 592 g/mol. The number of nitrogens with zero attached hydrogens (tertiary/aromatic N) is 2. The minimum atomic E-state index is -2.07. The minimum absolute atomic E-state index is 0.266. The van der Waals surface area contributed by atoms with Crippen molar-refractivity contribution < 1.29 is 33.6 Å². The first-order chi connectivity index (χ1) is 21.7. The summed E-state index contributed by atoms with van der Waals surface area (Å²) in [5, 5.41) is 12.0. The average Bonchev–Trinajstić information content (AvgIpc) is 3.63. The van der Waals surface area contributed by atoms with Crippen LogP contribution in [0.3, 0.4) is 0 Å². The lowest BCUT2D eigenvalue weighted by Gasteiger charge is -2.27. The van der Waals surface area contributed by atoms with Crippen LogP contribution in [0.5, 0.6) is 17.2 Å². The summed E-state index contributed by atoms with van der Waals surface area (Å²) in [5.74, 6) is -1.69. The zero-order chi connectivity index (χ0) is 32.1. The van der Waals surface area contributed by atoms with E-state index >= 15 is 0 Å². The topological polar surface area (TPSA) is 117 Å². The average molecular weight is 625 g/mol. The maximum Gasteiger partial charge on any atom is 0.342 e. The number of methoxy groups -OCH3 is 3. The monoisotopic (exact) mass is 624 g/mol. The lowest BCUT2D eigenvalue weighted by molar-refractivity contribution is -0.185. The Morgan fingerprint density at radius 3 is 2.00 bits per heavy atom. The van der Waals surface area contributed by atoms with E-state index in [1.54, 1.807) is 30.3 Å². The maximum atomic E-state index is 13.4. The highest BCUT2D eigenvalue weighted by atomic mass is 32.1. The summed E-state index contributed by atoms with van der Waals surface area (Å²) in [7, 11) is 4.46. The number of hydrogen-bond acceptors (Lipinski definition) is 10. The molecule has 0 amide bonds. The van der Waals surface area contributed by atoms with E-state index in [0.717, 1.165) is 40.2 Å². The zero-order valence-electron chi connectivity index (χ0n) is 25.5. The van der Waals surface area contributed by atoms with Crippen LogP contribution >= 0.6 is 11.7 Å². The molecule has 0 spiro atoms. The number of rotatable bonds is 8. The van der Waals surface area contributed by atoms with Crippen LogP contribution in [0, 0.1) is 13.8 Å². The summed E-state index contributed by atoms with van der Waals surface area (Å²) in [4.78, 5) is 23.5. The molecule has 1 N–H and O–H groups in total. The Morgan fingerprint density at radius 1 is 0.822 bits per heavy atom. The molecule has 230 valence electrons. The van der Waals surface area contributed by atoms with Crippen molar-refractivity contribution in [1.29, 1.82) is 0 Å². The van der Waals surface area contributed by atoms with Crippen LogP contribution < -0.4 is 14.2 Å². The molecule has 1 atom stereocenters. The number of cyclic esters (lactones) is 1. The predicted molar refractivity (Wildman–Crippen MR) is 172 cm³/mol. The third-order valence-electron chi connectivity index (χ3n) is 7.47. The van der Waals surface area contributed by atoms with E-state index in [2.05, 4.69) is 8.75 Å². The molecule has 0 bridgehead atoms. The van der Waals surface area contributed by atoms with Crippen molar-refractivity contribution in [3.8, 4) is 17.2 Å². The lowest BCUT2D eigenvalue weighted by atomic mass is 9.87. The summed E-state index contributed by atoms with van der Waals surface area (Å²) < 4.78 is 30.7. The van der Waals surface area contributed by atoms with E-state index in [-0.39, 0.29) is 17.6 Å². The van der Waals surface area contributed by atoms with Crippen LogP contribution in [0.4, 0.5) is 0 Å². The van der Waals surface area contributed by atoms with Gasteiger partial charge in [0.2, 0.25) is 5.75 Å². The number of aryl methyl sites for hydroxylation is 2. The number of hydrogen-bond donors (Lipinski definition) is 1. The first-order valence-electron chi connectivity index (χ1n) is 14.0. The highest BCUT2D eigenvalue weighted by molar-refractivity contribution is 7.00. The second-order valence-electron chi connectivity index (χ2n) is 10.5. The quantitative estimate of drug-likeness (QED) is 0.158. The van der Waals surface area contributed by atoms with Crippen molar-refractivity contribution in [2.45, 2.75) is 26.1 Å². The van der Waals surface area contributed by atoms with Crippen molar-refractivity contribution in [3.05, 3.63) is 118 Å². The summed E-state index contributed by atoms with van der Waals surface area (Å²) in [6, 6.07) is 23.9. The zero-order valence-corrected chi connectivity index (χ0v) is 26.3. The summed E-state index contributed by atoms with van der Waals surface area (Å²) >= 11 is 1.10. The molecule has 10 heteroatoms. The van der Waals surface area contributed by atoms with E-state index in [1.165, 1.54) is 26.9 Å². The molecule has 1 aromatic heterocycles. The van der Waals surface area contributed by atoms with Crippen LogP contribution in [0.2, 0.25) is 0 Å². The SMILES string of the molecule is COc1cc(C2(O)OC(=O)C(c3ccc4nsnc4c3)=C2Cc2ccc(C)cc2)cc(OC)c1OC.Cc1ccc(C=O)cc1. The fraction of sp³-hybridized carbons (Fsp3) is 0.200. The molecule has 45 heavy (non-hydrogen) atoms. The summed E-state index contributed by atoms with van der Waals surface area (Å²) in [5.41, 5.74) is 6.87. The molecule has 0 saturated heterocycles. The Labute approximate surface area is 265 Å². The van der Waals surface area contributed by atoms with Gasteiger partial charge >= 0.3 is 5.97 Å². The molecule has 0 fully saturated rings. The van der Waals surface area contributed by atoms with E-state index in [0.29, 0.717) is 33.9 Å². The number of benzene rings is 4. The Balaban J connectivity index is 0.000000383. The number of aldehydes is 1. The molecule has 6 rings (SSSR count). The summed E-state index contributed by atoms with van der Waals surface area (Å²) in [6.45, 7) is 3.99. The second kappa shape index (κ2) is 13.3. The fourth-order valence-corrected chi connectivity index (χ4v) is 5.56.